The molecule has 1 unspecified atom stereocenters. The summed E-state index contributed by atoms with van der Waals surface area (Å²) in [6.45, 7) is 1.80. The van der Waals surface area contributed by atoms with Crippen LogP contribution in [0.2, 0.25) is 0 Å². The van der Waals surface area contributed by atoms with Crippen LogP contribution in [0, 0.1) is 0 Å². The van der Waals surface area contributed by atoms with Crippen molar-refractivity contribution >= 4 is 27.7 Å². The van der Waals surface area contributed by atoms with Gasteiger partial charge in [-0.25, -0.2) is 0 Å². The monoisotopic (exact) mass is 316 g/mol. The predicted octanol–water partition coefficient (Wildman–Crippen LogP) is 1.77. The van der Waals surface area contributed by atoms with E-state index in [1.54, 1.807) is 9.80 Å². The Hall–Kier alpha value is -0.580. The Balaban J connectivity index is 1.88. The zero-order valence-corrected chi connectivity index (χ0v) is 12.3. The van der Waals surface area contributed by atoms with Gasteiger partial charge in [0.25, 0.3) is 0 Å². The van der Waals surface area contributed by atoms with Crippen molar-refractivity contribution in [2.75, 3.05) is 25.0 Å². The van der Waals surface area contributed by atoms with Crippen molar-refractivity contribution in [3.63, 3.8) is 0 Å². The summed E-state index contributed by atoms with van der Waals surface area (Å²) in [7, 11) is 0. The van der Waals surface area contributed by atoms with E-state index in [1.807, 2.05) is 0 Å². The van der Waals surface area contributed by atoms with E-state index in [-0.39, 0.29) is 17.9 Å². The largest absolute Gasteiger partial charge is 0.332 e. The molecule has 0 radical (unpaired) electrons. The van der Waals surface area contributed by atoms with Crippen molar-refractivity contribution in [2.45, 2.75) is 44.6 Å². The third kappa shape index (κ3) is 3.05. The van der Waals surface area contributed by atoms with Crippen LogP contribution in [0.4, 0.5) is 0 Å². The summed E-state index contributed by atoms with van der Waals surface area (Å²) >= 11 is 3.40. The average Bonchev–Trinajstić information content (AvgIpc) is 2.40. The zero-order valence-electron chi connectivity index (χ0n) is 10.7. The second-order valence-corrected chi connectivity index (χ2v) is 5.90. The van der Waals surface area contributed by atoms with Gasteiger partial charge >= 0.3 is 0 Å². The van der Waals surface area contributed by atoms with E-state index < -0.39 is 0 Å². The Bertz CT molecular complexity index is 322. The summed E-state index contributed by atoms with van der Waals surface area (Å²) in [6, 6.07) is -0.156. The maximum Gasteiger partial charge on any atom is 0.245 e. The Kier molecular flexibility index (Phi) is 5.03. The molecule has 102 valence electrons. The van der Waals surface area contributed by atoms with Crippen LogP contribution in [0.1, 0.15) is 38.5 Å². The standard InChI is InChI=1S/C13H21BrN2O2/c14-7-3-1-4-8-15-10-12(17)16-9-5-2-6-11(16)13(15)18/h11H,1-10H2. The number of amides is 2. The van der Waals surface area contributed by atoms with Gasteiger partial charge in [0, 0.05) is 18.4 Å². The number of piperazine rings is 1. The Morgan fingerprint density at radius 1 is 1.17 bits per heavy atom. The highest BCUT2D eigenvalue weighted by Crippen LogP contribution is 2.23. The first kappa shape index (κ1) is 13.8. The lowest BCUT2D eigenvalue weighted by Crippen LogP contribution is -2.61. The lowest BCUT2D eigenvalue weighted by Gasteiger charge is -2.42. The Morgan fingerprint density at radius 3 is 2.78 bits per heavy atom. The summed E-state index contributed by atoms with van der Waals surface area (Å²) in [5.74, 6) is 0.313. The minimum absolute atomic E-state index is 0.139. The summed E-state index contributed by atoms with van der Waals surface area (Å²) in [4.78, 5) is 27.8. The molecule has 18 heavy (non-hydrogen) atoms. The number of alkyl halides is 1. The Labute approximate surface area is 117 Å². The van der Waals surface area contributed by atoms with Crippen LogP contribution in [-0.2, 0) is 9.59 Å². The molecule has 2 saturated heterocycles. The molecule has 4 nitrogen and oxygen atoms in total. The Morgan fingerprint density at radius 2 is 2.00 bits per heavy atom. The first-order valence-corrected chi connectivity index (χ1v) is 8.00. The van der Waals surface area contributed by atoms with Crippen molar-refractivity contribution in [1.29, 1.82) is 0 Å². The van der Waals surface area contributed by atoms with Gasteiger partial charge in [0.05, 0.1) is 6.54 Å². The first-order valence-electron chi connectivity index (χ1n) is 6.88. The van der Waals surface area contributed by atoms with Gasteiger partial charge in [0.1, 0.15) is 6.04 Å². The number of unbranched alkanes of at least 4 members (excludes halogenated alkanes) is 2. The second-order valence-electron chi connectivity index (χ2n) is 5.11. The van der Waals surface area contributed by atoms with Gasteiger partial charge in [-0.2, -0.15) is 0 Å². The number of nitrogens with zero attached hydrogens (tertiary/aromatic N) is 2. The number of piperidine rings is 1. The summed E-state index contributed by atoms with van der Waals surface area (Å²) in [6.07, 6.45) is 6.20. The molecule has 2 aliphatic heterocycles. The molecule has 2 amide bonds. The highest BCUT2D eigenvalue weighted by atomic mass is 79.9. The van der Waals surface area contributed by atoms with Crippen molar-refractivity contribution in [2.24, 2.45) is 0 Å². The molecule has 0 spiro atoms. The lowest BCUT2D eigenvalue weighted by atomic mass is 9.98. The first-order chi connectivity index (χ1) is 8.74. The van der Waals surface area contributed by atoms with Gasteiger partial charge in [0.2, 0.25) is 11.8 Å². The summed E-state index contributed by atoms with van der Waals surface area (Å²) in [5, 5.41) is 1.01. The van der Waals surface area contributed by atoms with Gasteiger partial charge in [-0.3, -0.25) is 9.59 Å². The fourth-order valence-electron chi connectivity index (χ4n) is 2.79. The topological polar surface area (TPSA) is 40.6 Å². The highest BCUT2D eigenvalue weighted by Gasteiger charge is 2.39. The normalized spacial score (nSPS) is 24.4. The van der Waals surface area contributed by atoms with E-state index in [4.69, 9.17) is 0 Å². The summed E-state index contributed by atoms with van der Waals surface area (Å²) in [5.41, 5.74) is 0. The third-order valence-electron chi connectivity index (χ3n) is 3.81. The SMILES string of the molecule is O=C1C2CCCCN2C(=O)CN1CCCCCBr. The summed E-state index contributed by atoms with van der Waals surface area (Å²) < 4.78 is 0. The minimum atomic E-state index is -0.156. The second kappa shape index (κ2) is 6.55. The fourth-order valence-corrected chi connectivity index (χ4v) is 3.19. The van der Waals surface area contributed by atoms with E-state index in [1.165, 1.54) is 0 Å². The number of hydrogen-bond donors (Lipinski definition) is 0. The van der Waals surface area contributed by atoms with Crippen LogP contribution in [-0.4, -0.2) is 52.6 Å². The van der Waals surface area contributed by atoms with E-state index in [0.29, 0.717) is 6.54 Å². The maximum atomic E-state index is 12.3. The molecule has 0 saturated carbocycles. The van der Waals surface area contributed by atoms with Crippen molar-refractivity contribution in [3.05, 3.63) is 0 Å². The number of carbonyl (C=O) groups excluding carboxylic acids is 2. The predicted molar refractivity (Wildman–Crippen MR) is 73.6 cm³/mol. The van der Waals surface area contributed by atoms with Gasteiger partial charge < -0.3 is 9.80 Å². The molecule has 1 atom stereocenters. The molecule has 0 bridgehead atoms. The third-order valence-corrected chi connectivity index (χ3v) is 4.37. The smallest absolute Gasteiger partial charge is 0.245 e. The van der Waals surface area contributed by atoms with E-state index in [2.05, 4.69) is 15.9 Å². The highest BCUT2D eigenvalue weighted by molar-refractivity contribution is 9.09. The maximum absolute atomic E-state index is 12.3. The molecule has 0 aliphatic carbocycles. The number of hydrogen-bond acceptors (Lipinski definition) is 2. The van der Waals surface area contributed by atoms with Crippen LogP contribution < -0.4 is 0 Å². The van der Waals surface area contributed by atoms with Crippen LogP contribution in [0.25, 0.3) is 0 Å². The van der Waals surface area contributed by atoms with E-state index in [0.717, 1.165) is 56.9 Å². The molecule has 2 fully saturated rings. The zero-order chi connectivity index (χ0) is 13.0. The molecule has 0 aromatic rings. The van der Waals surface area contributed by atoms with Crippen molar-refractivity contribution in [1.82, 2.24) is 9.80 Å². The molecule has 0 aromatic heterocycles. The minimum Gasteiger partial charge on any atom is -0.332 e. The molecular formula is C13H21BrN2O2. The molecule has 5 heteroatoms. The van der Waals surface area contributed by atoms with Crippen LogP contribution >= 0.6 is 15.9 Å². The van der Waals surface area contributed by atoms with Crippen LogP contribution in [0.5, 0.6) is 0 Å². The van der Waals surface area contributed by atoms with Crippen molar-refractivity contribution in [3.8, 4) is 0 Å². The fraction of sp³-hybridized carbons (Fsp3) is 0.846. The number of rotatable bonds is 5. The quantitative estimate of drug-likeness (QED) is 0.573. The molecular weight excluding hydrogens is 296 g/mol. The molecule has 0 aromatic carbocycles. The van der Waals surface area contributed by atoms with E-state index in [9.17, 15) is 9.59 Å². The molecule has 2 heterocycles. The van der Waals surface area contributed by atoms with Crippen LogP contribution in [0.3, 0.4) is 0 Å². The van der Waals surface area contributed by atoms with Gasteiger partial charge in [0.15, 0.2) is 0 Å². The van der Waals surface area contributed by atoms with Crippen LogP contribution in [0.15, 0.2) is 0 Å². The number of fused-ring (bicyclic) bond motifs is 1. The average molecular weight is 317 g/mol. The van der Waals surface area contributed by atoms with Gasteiger partial charge in [-0.05, 0) is 32.1 Å². The molecule has 0 N–H and O–H groups in total. The van der Waals surface area contributed by atoms with Crippen molar-refractivity contribution < 1.29 is 9.59 Å². The lowest BCUT2D eigenvalue weighted by molar-refractivity contribution is -0.157. The van der Waals surface area contributed by atoms with Gasteiger partial charge in [-0.1, -0.05) is 22.4 Å². The molecule has 2 aliphatic rings. The number of halogens is 1. The van der Waals surface area contributed by atoms with E-state index >= 15 is 0 Å². The molecule has 2 rings (SSSR count). The van der Waals surface area contributed by atoms with Gasteiger partial charge in [-0.15, -0.1) is 0 Å². The number of carbonyl (C=O) groups is 2.